The van der Waals surface area contributed by atoms with Gasteiger partial charge in [-0.15, -0.1) is 0 Å². The number of hydrogen-bond acceptors (Lipinski definition) is 7. The fraction of sp³-hybridized carbons (Fsp3) is 0.455. The molecule has 8 nitrogen and oxygen atoms in total. The predicted octanol–water partition coefficient (Wildman–Crippen LogP) is 2.19. The zero-order valence-corrected chi connectivity index (χ0v) is 17.8. The molecule has 0 aromatic carbocycles. The third-order valence-electron chi connectivity index (χ3n) is 5.09. The van der Waals surface area contributed by atoms with Crippen molar-refractivity contribution in [2.24, 2.45) is 7.05 Å². The van der Waals surface area contributed by atoms with Crippen LogP contribution in [0.3, 0.4) is 0 Å². The molecule has 1 saturated heterocycles. The van der Waals surface area contributed by atoms with Crippen molar-refractivity contribution in [3.8, 4) is 17.3 Å². The fourth-order valence-corrected chi connectivity index (χ4v) is 3.71. The third-order valence-corrected chi connectivity index (χ3v) is 5.09. The highest BCUT2D eigenvalue weighted by molar-refractivity contribution is 5.60. The molecule has 4 rings (SSSR count). The Bertz CT molecular complexity index is 977. The van der Waals surface area contributed by atoms with Crippen LogP contribution in [-0.4, -0.2) is 69.1 Å². The van der Waals surface area contributed by atoms with Crippen LogP contribution in [0.5, 0.6) is 5.88 Å². The average Bonchev–Trinajstić information content (AvgIpc) is 3.09. The molecule has 158 valence electrons. The van der Waals surface area contributed by atoms with E-state index in [9.17, 15) is 0 Å². The van der Waals surface area contributed by atoms with Crippen LogP contribution in [0.25, 0.3) is 11.4 Å². The van der Waals surface area contributed by atoms with Crippen LogP contribution >= 0.6 is 0 Å². The molecule has 1 aliphatic heterocycles. The van der Waals surface area contributed by atoms with Gasteiger partial charge in [0.1, 0.15) is 18.1 Å². The van der Waals surface area contributed by atoms with Gasteiger partial charge in [-0.3, -0.25) is 9.58 Å². The van der Waals surface area contributed by atoms with E-state index in [0.717, 1.165) is 66.9 Å². The van der Waals surface area contributed by atoms with Gasteiger partial charge in [0, 0.05) is 62.3 Å². The van der Waals surface area contributed by atoms with Gasteiger partial charge in [0.05, 0.1) is 18.9 Å². The van der Waals surface area contributed by atoms with Crippen molar-refractivity contribution < 1.29 is 9.47 Å². The molecule has 0 aliphatic carbocycles. The van der Waals surface area contributed by atoms with Crippen LogP contribution in [0.1, 0.15) is 22.6 Å². The zero-order chi connectivity index (χ0) is 20.9. The van der Waals surface area contributed by atoms with Gasteiger partial charge in [0.25, 0.3) is 0 Å². The molecule has 8 heteroatoms. The highest BCUT2D eigenvalue weighted by Crippen LogP contribution is 2.26. The lowest BCUT2D eigenvalue weighted by Crippen LogP contribution is -2.38. The van der Waals surface area contributed by atoms with E-state index in [1.165, 1.54) is 0 Å². The first-order valence-corrected chi connectivity index (χ1v) is 10.3. The number of ether oxygens (including phenoxy) is 2. The van der Waals surface area contributed by atoms with Crippen molar-refractivity contribution in [2.75, 3.05) is 39.5 Å². The number of hydrogen-bond donors (Lipinski definition) is 0. The Morgan fingerprint density at radius 1 is 1.13 bits per heavy atom. The molecule has 1 aliphatic rings. The normalized spacial score (nSPS) is 14.8. The van der Waals surface area contributed by atoms with E-state index in [1.54, 1.807) is 6.20 Å². The summed E-state index contributed by atoms with van der Waals surface area (Å²) in [5.74, 6) is 1.42. The summed E-state index contributed by atoms with van der Waals surface area (Å²) in [6.07, 6.45) is 4.48. The van der Waals surface area contributed by atoms with Crippen molar-refractivity contribution in [3.05, 3.63) is 53.2 Å². The number of rotatable bonds is 7. The Morgan fingerprint density at radius 2 is 1.97 bits per heavy atom. The van der Waals surface area contributed by atoms with Crippen LogP contribution in [0.2, 0.25) is 0 Å². The second-order valence-electron chi connectivity index (χ2n) is 7.57. The summed E-state index contributed by atoms with van der Waals surface area (Å²) in [6.45, 7) is 8.85. The van der Waals surface area contributed by atoms with E-state index in [2.05, 4.69) is 31.0 Å². The van der Waals surface area contributed by atoms with Crippen molar-refractivity contribution in [3.63, 3.8) is 0 Å². The third kappa shape index (κ3) is 5.01. The maximum absolute atomic E-state index is 6.06. The molecule has 1 fully saturated rings. The number of aryl methyl sites for hydroxylation is 3. The highest BCUT2D eigenvalue weighted by atomic mass is 16.5. The van der Waals surface area contributed by atoms with Gasteiger partial charge in [0.15, 0.2) is 0 Å². The molecule has 3 aromatic heterocycles. The zero-order valence-electron chi connectivity index (χ0n) is 17.8. The van der Waals surface area contributed by atoms with Crippen molar-refractivity contribution in [2.45, 2.75) is 20.3 Å². The van der Waals surface area contributed by atoms with Crippen LogP contribution in [-0.2, 0) is 18.2 Å². The number of morpholine rings is 1. The summed E-state index contributed by atoms with van der Waals surface area (Å²) in [6, 6.07) is 5.98. The highest BCUT2D eigenvalue weighted by Gasteiger charge is 2.16. The van der Waals surface area contributed by atoms with Crippen LogP contribution in [0, 0.1) is 13.8 Å². The van der Waals surface area contributed by atoms with E-state index in [4.69, 9.17) is 9.47 Å². The number of nitrogens with zero attached hydrogens (tertiary/aromatic N) is 6. The Hall–Kier alpha value is -2.84. The van der Waals surface area contributed by atoms with E-state index in [-0.39, 0.29) is 0 Å². The summed E-state index contributed by atoms with van der Waals surface area (Å²) >= 11 is 0. The molecule has 0 spiro atoms. The molecule has 3 aromatic rings. The molecule has 0 N–H and O–H groups in total. The van der Waals surface area contributed by atoms with E-state index in [0.29, 0.717) is 18.9 Å². The van der Waals surface area contributed by atoms with Crippen molar-refractivity contribution in [1.29, 1.82) is 0 Å². The first kappa shape index (κ1) is 20.4. The lowest BCUT2D eigenvalue weighted by atomic mass is 10.0. The Labute approximate surface area is 176 Å². The van der Waals surface area contributed by atoms with Gasteiger partial charge in [-0.1, -0.05) is 6.07 Å². The van der Waals surface area contributed by atoms with Gasteiger partial charge in [-0.25, -0.2) is 15.0 Å². The minimum atomic E-state index is 0.605. The van der Waals surface area contributed by atoms with Gasteiger partial charge in [-0.05, 0) is 26.0 Å². The summed E-state index contributed by atoms with van der Waals surface area (Å²) in [5.41, 5.74) is 4.77. The van der Waals surface area contributed by atoms with Gasteiger partial charge < -0.3 is 9.47 Å². The Kier molecular flexibility index (Phi) is 6.35. The summed E-state index contributed by atoms with van der Waals surface area (Å²) < 4.78 is 13.3. The average molecular weight is 409 g/mol. The van der Waals surface area contributed by atoms with Crippen molar-refractivity contribution >= 4 is 0 Å². The Morgan fingerprint density at radius 3 is 2.77 bits per heavy atom. The molecule has 0 unspecified atom stereocenters. The monoisotopic (exact) mass is 408 g/mol. The molecular formula is C22H28N6O2. The smallest absolute Gasteiger partial charge is 0.216 e. The standard InChI is InChI=1S/C22H28N6O2/c1-16-13-20(25-17(2)24-16)21-19(15-27(3)26-21)14-18-5-4-6-23-22(18)30-12-9-28-7-10-29-11-8-28/h4-6,13,15H,7-12,14H2,1-3H3. The summed E-state index contributed by atoms with van der Waals surface area (Å²) in [5, 5.41) is 4.66. The lowest BCUT2D eigenvalue weighted by molar-refractivity contribution is 0.0319. The van der Waals surface area contributed by atoms with Crippen LogP contribution in [0.4, 0.5) is 0 Å². The summed E-state index contributed by atoms with van der Waals surface area (Å²) in [4.78, 5) is 15.8. The predicted molar refractivity (Wildman–Crippen MR) is 114 cm³/mol. The maximum atomic E-state index is 6.06. The first-order valence-electron chi connectivity index (χ1n) is 10.3. The minimum absolute atomic E-state index is 0.605. The lowest BCUT2D eigenvalue weighted by Gasteiger charge is -2.26. The van der Waals surface area contributed by atoms with Gasteiger partial charge in [-0.2, -0.15) is 5.10 Å². The van der Waals surface area contributed by atoms with E-state index in [1.807, 2.05) is 43.9 Å². The minimum Gasteiger partial charge on any atom is -0.476 e. The van der Waals surface area contributed by atoms with Crippen molar-refractivity contribution in [1.82, 2.24) is 29.6 Å². The molecule has 0 atom stereocenters. The van der Waals surface area contributed by atoms with Gasteiger partial charge >= 0.3 is 0 Å². The maximum Gasteiger partial charge on any atom is 0.216 e. The molecule has 0 radical (unpaired) electrons. The quantitative estimate of drug-likeness (QED) is 0.593. The first-order chi connectivity index (χ1) is 14.6. The fourth-order valence-electron chi connectivity index (χ4n) is 3.71. The van der Waals surface area contributed by atoms with E-state index >= 15 is 0 Å². The second kappa shape index (κ2) is 9.32. The SMILES string of the molecule is Cc1cc(-c2nn(C)cc2Cc2cccnc2OCCN2CCOCC2)nc(C)n1. The van der Waals surface area contributed by atoms with Gasteiger partial charge in [0.2, 0.25) is 5.88 Å². The molecule has 4 heterocycles. The summed E-state index contributed by atoms with van der Waals surface area (Å²) in [7, 11) is 1.93. The van der Waals surface area contributed by atoms with E-state index < -0.39 is 0 Å². The molecule has 0 bridgehead atoms. The number of aromatic nitrogens is 5. The van der Waals surface area contributed by atoms with Crippen LogP contribution in [0.15, 0.2) is 30.6 Å². The molecule has 0 amide bonds. The molecule has 30 heavy (non-hydrogen) atoms. The van der Waals surface area contributed by atoms with Crippen LogP contribution < -0.4 is 4.74 Å². The molecule has 0 saturated carbocycles. The molecular weight excluding hydrogens is 380 g/mol. The Balaban J connectivity index is 1.51. The largest absolute Gasteiger partial charge is 0.476 e. The number of pyridine rings is 1. The topological polar surface area (TPSA) is 78.2 Å². The second-order valence-corrected chi connectivity index (χ2v) is 7.57.